The van der Waals surface area contributed by atoms with Crippen LogP contribution in [0.5, 0.6) is 0 Å². The number of halogens is 1. The van der Waals surface area contributed by atoms with Crippen LogP contribution in [0.1, 0.15) is 18.4 Å². The highest BCUT2D eigenvalue weighted by Crippen LogP contribution is 2.32. The summed E-state index contributed by atoms with van der Waals surface area (Å²) in [5.41, 5.74) is 1.29. The molecule has 0 spiro atoms. The van der Waals surface area contributed by atoms with Crippen molar-refractivity contribution in [1.29, 1.82) is 0 Å². The fourth-order valence-electron chi connectivity index (χ4n) is 3.24. The number of aliphatic carboxylic acids is 1. The Labute approximate surface area is 125 Å². The van der Waals surface area contributed by atoms with E-state index in [-0.39, 0.29) is 30.4 Å². The fourth-order valence-corrected chi connectivity index (χ4v) is 3.24. The van der Waals surface area contributed by atoms with E-state index in [4.69, 9.17) is 4.74 Å². The van der Waals surface area contributed by atoms with Crippen LogP contribution in [-0.4, -0.2) is 41.3 Å². The summed E-state index contributed by atoms with van der Waals surface area (Å²) in [6, 6.07) is 10.9. The quantitative estimate of drug-likeness (QED) is 0.929. The van der Waals surface area contributed by atoms with Crippen LogP contribution < -0.4 is 0 Å². The molecule has 0 saturated carbocycles. The van der Waals surface area contributed by atoms with Gasteiger partial charge >= 0.3 is 5.97 Å². The van der Waals surface area contributed by atoms with Crippen LogP contribution in [0.4, 0.5) is 0 Å². The number of morpholine rings is 1. The van der Waals surface area contributed by atoms with Crippen molar-refractivity contribution in [1.82, 2.24) is 4.90 Å². The predicted molar refractivity (Wildman–Crippen MR) is 78.0 cm³/mol. The minimum absolute atomic E-state index is 0. The highest BCUT2D eigenvalue weighted by molar-refractivity contribution is 5.85. The summed E-state index contributed by atoms with van der Waals surface area (Å²) < 4.78 is 5.60. The van der Waals surface area contributed by atoms with E-state index >= 15 is 0 Å². The molecule has 1 aromatic rings. The van der Waals surface area contributed by atoms with Crippen LogP contribution in [-0.2, 0) is 16.1 Å². The molecule has 5 heteroatoms. The molecule has 0 radical (unpaired) electrons. The van der Waals surface area contributed by atoms with Crippen LogP contribution in [0.25, 0.3) is 0 Å². The lowest BCUT2D eigenvalue weighted by Gasteiger charge is -2.47. The molecular weight excluding hydrogens is 278 g/mol. The van der Waals surface area contributed by atoms with Gasteiger partial charge in [0, 0.05) is 18.6 Å². The van der Waals surface area contributed by atoms with Crippen LogP contribution in [0.15, 0.2) is 30.3 Å². The molecule has 3 rings (SSSR count). The number of hydrogen-bond donors (Lipinski definition) is 1. The second-order valence-electron chi connectivity index (χ2n) is 5.51. The molecule has 2 saturated heterocycles. The van der Waals surface area contributed by atoms with Gasteiger partial charge in [-0.05, 0) is 18.4 Å². The molecule has 4 nitrogen and oxygen atoms in total. The number of carbonyl (C=O) groups is 1. The summed E-state index contributed by atoms with van der Waals surface area (Å²) in [6.45, 7) is 2.21. The van der Waals surface area contributed by atoms with E-state index in [2.05, 4.69) is 17.0 Å². The second-order valence-corrected chi connectivity index (χ2v) is 5.51. The SMILES string of the molecule is Cl.O=C(O)C1C[C@H]2COC[C@@H](C1)N2Cc1ccccc1. The summed E-state index contributed by atoms with van der Waals surface area (Å²) >= 11 is 0. The highest BCUT2D eigenvalue weighted by Gasteiger charge is 2.41. The van der Waals surface area contributed by atoms with Gasteiger partial charge in [0.1, 0.15) is 0 Å². The zero-order valence-corrected chi connectivity index (χ0v) is 12.1. The molecule has 0 amide bonds. The molecule has 1 aromatic carbocycles. The van der Waals surface area contributed by atoms with Gasteiger partial charge in [-0.15, -0.1) is 12.4 Å². The Morgan fingerprint density at radius 2 is 1.80 bits per heavy atom. The van der Waals surface area contributed by atoms with Crippen molar-refractivity contribution in [3.8, 4) is 0 Å². The summed E-state index contributed by atoms with van der Waals surface area (Å²) in [4.78, 5) is 13.6. The molecule has 110 valence electrons. The average Bonchev–Trinajstić information content (AvgIpc) is 2.39. The Morgan fingerprint density at radius 1 is 1.20 bits per heavy atom. The predicted octanol–water partition coefficient (Wildman–Crippen LogP) is 2.17. The third kappa shape index (κ3) is 3.14. The number of carboxylic acid groups (broad SMARTS) is 1. The number of fused-ring (bicyclic) bond motifs is 2. The maximum absolute atomic E-state index is 11.2. The van der Waals surface area contributed by atoms with Gasteiger partial charge < -0.3 is 9.84 Å². The first-order chi connectivity index (χ1) is 9.24. The number of rotatable bonds is 3. The van der Waals surface area contributed by atoms with E-state index in [0.717, 1.165) is 6.54 Å². The molecule has 2 bridgehead atoms. The lowest BCUT2D eigenvalue weighted by molar-refractivity contribution is -0.151. The smallest absolute Gasteiger partial charge is 0.306 e. The summed E-state index contributed by atoms with van der Waals surface area (Å²) in [7, 11) is 0. The molecule has 3 atom stereocenters. The van der Waals surface area contributed by atoms with Gasteiger partial charge in [-0.25, -0.2) is 0 Å². The number of piperidine rings is 1. The Morgan fingerprint density at radius 3 is 2.35 bits per heavy atom. The van der Waals surface area contributed by atoms with Crippen molar-refractivity contribution in [3.63, 3.8) is 0 Å². The fraction of sp³-hybridized carbons (Fsp3) is 0.533. The van der Waals surface area contributed by atoms with Crippen molar-refractivity contribution in [2.75, 3.05) is 13.2 Å². The maximum Gasteiger partial charge on any atom is 0.306 e. The second kappa shape index (κ2) is 6.57. The van der Waals surface area contributed by atoms with Crippen molar-refractivity contribution >= 4 is 18.4 Å². The molecule has 1 unspecified atom stereocenters. The molecule has 2 aliphatic rings. The van der Waals surface area contributed by atoms with Crippen molar-refractivity contribution in [2.45, 2.75) is 31.5 Å². The van der Waals surface area contributed by atoms with Crippen LogP contribution in [0.3, 0.4) is 0 Å². The minimum Gasteiger partial charge on any atom is -0.481 e. The van der Waals surface area contributed by atoms with E-state index in [1.807, 2.05) is 18.2 Å². The van der Waals surface area contributed by atoms with E-state index in [9.17, 15) is 9.90 Å². The zero-order chi connectivity index (χ0) is 13.2. The third-order valence-corrected chi connectivity index (χ3v) is 4.23. The van der Waals surface area contributed by atoms with Gasteiger partial charge in [-0.1, -0.05) is 30.3 Å². The number of benzene rings is 1. The number of carboxylic acids is 1. The van der Waals surface area contributed by atoms with E-state index in [1.165, 1.54) is 5.56 Å². The molecular formula is C15H20ClNO3. The summed E-state index contributed by atoms with van der Waals surface area (Å²) in [5, 5.41) is 9.21. The largest absolute Gasteiger partial charge is 0.481 e. The molecule has 2 fully saturated rings. The molecule has 0 aromatic heterocycles. The Balaban J connectivity index is 0.00000147. The van der Waals surface area contributed by atoms with Crippen molar-refractivity contribution in [3.05, 3.63) is 35.9 Å². The van der Waals surface area contributed by atoms with Crippen LogP contribution in [0.2, 0.25) is 0 Å². The number of hydrogen-bond acceptors (Lipinski definition) is 3. The Hall–Kier alpha value is -1.10. The van der Waals surface area contributed by atoms with Gasteiger partial charge in [-0.3, -0.25) is 9.69 Å². The van der Waals surface area contributed by atoms with Crippen LogP contribution >= 0.6 is 12.4 Å². The normalized spacial score (nSPS) is 29.5. The van der Waals surface area contributed by atoms with Gasteiger partial charge in [0.15, 0.2) is 0 Å². The number of nitrogens with zero attached hydrogens (tertiary/aromatic N) is 1. The lowest BCUT2D eigenvalue weighted by atomic mass is 9.85. The summed E-state index contributed by atoms with van der Waals surface area (Å²) in [6.07, 6.45) is 1.41. The molecule has 2 heterocycles. The summed E-state index contributed by atoms with van der Waals surface area (Å²) in [5.74, 6) is -0.859. The van der Waals surface area contributed by atoms with E-state index < -0.39 is 5.97 Å². The number of ether oxygens (including phenoxy) is 1. The van der Waals surface area contributed by atoms with Gasteiger partial charge in [0.2, 0.25) is 0 Å². The van der Waals surface area contributed by atoms with E-state index in [1.54, 1.807) is 0 Å². The average molecular weight is 298 g/mol. The molecule has 2 aliphatic heterocycles. The maximum atomic E-state index is 11.2. The first-order valence-corrected chi connectivity index (χ1v) is 6.84. The molecule has 20 heavy (non-hydrogen) atoms. The standard InChI is InChI=1S/C15H19NO3.ClH/c17-15(18)12-6-13-9-19-10-14(7-12)16(13)8-11-4-2-1-3-5-11;/h1-5,12-14H,6-10H2,(H,17,18);1H/t12?,13-,14+;. The van der Waals surface area contributed by atoms with Crippen molar-refractivity contribution in [2.24, 2.45) is 5.92 Å². The van der Waals surface area contributed by atoms with Crippen molar-refractivity contribution < 1.29 is 14.6 Å². The zero-order valence-electron chi connectivity index (χ0n) is 11.3. The third-order valence-electron chi connectivity index (χ3n) is 4.23. The highest BCUT2D eigenvalue weighted by atomic mass is 35.5. The molecule has 0 aliphatic carbocycles. The van der Waals surface area contributed by atoms with Gasteiger partial charge in [0.05, 0.1) is 19.1 Å². The van der Waals surface area contributed by atoms with Crippen LogP contribution in [0, 0.1) is 5.92 Å². The Bertz CT molecular complexity index is 440. The van der Waals surface area contributed by atoms with Gasteiger partial charge in [-0.2, -0.15) is 0 Å². The first-order valence-electron chi connectivity index (χ1n) is 6.84. The first kappa shape index (κ1) is 15.3. The Kier molecular flexibility index (Phi) is 5.02. The topological polar surface area (TPSA) is 49.8 Å². The van der Waals surface area contributed by atoms with Gasteiger partial charge in [0.25, 0.3) is 0 Å². The molecule has 1 N–H and O–H groups in total. The minimum atomic E-state index is -0.656. The lowest BCUT2D eigenvalue weighted by Crippen LogP contribution is -2.57. The van der Waals surface area contributed by atoms with E-state index in [0.29, 0.717) is 26.1 Å². The monoisotopic (exact) mass is 297 g/mol.